The molecule has 2 heterocycles. The SMILES string of the molecule is CCc1nc(SC(C)C(=O)c2[nH]c(C)c(C(C)=O)c2C)n[nH]1. The van der Waals surface area contributed by atoms with E-state index in [1.807, 2.05) is 13.8 Å². The van der Waals surface area contributed by atoms with Crippen LogP contribution in [0.2, 0.25) is 0 Å². The van der Waals surface area contributed by atoms with E-state index in [1.54, 1.807) is 13.8 Å². The Bertz CT molecular complexity index is 717. The summed E-state index contributed by atoms with van der Waals surface area (Å²) in [5.74, 6) is 0.709. The molecule has 6 nitrogen and oxygen atoms in total. The molecule has 0 radical (unpaired) electrons. The van der Waals surface area contributed by atoms with Gasteiger partial charge >= 0.3 is 0 Å². The summed E-state index contributed by atoms with van der Waals surface area (Å²) in [6, 6.07) is 0. The number of nitrogens with one attached hydrogen (secondary N) is 2. The molecule has 0 aliphatic heterocycles. The fraction of sp³-hybridized carbons (Fsp3) is 0.467. The van der Waals surface area contributed by atoms with Crippen LogP contribution >= 0.6 is 11.8 Å². The average molecular weight is 320 g/mol. The van der Waals surface area contributed by atoms with Gasteiger partial charge in [-0.3, -0.25) is 14.7 Å². The van der Waals surface area contributed by atoms with E-state index in [0.717, 1.165) is 17.9 Å². The molecule has 1 unspecified atom stereocenters. The van der Waals surface area contributed by atoms with E-state index in [9.17, 15) is 9.59 Å². The van der Waals surface area contributed by atoms with Crippen LogP contribution in [0.1, 0.15) is 58.7 Å². The van der Waals surface area contributed by atoms with E-state index >= 15 is 0 Å². The van der Waals surface area contributed by atoms with Crippen molar-refractivity contribution in [3.8, 4) is 0 Å². The first kappa shape index (κ1) is 16.5. The molecule has 0 saturated heterocycles. The number of aromatic nitrogens is 4. The zero-order valence-corrected chi connectivity index (χ0v) is 14.2. The highest BCUT2D eigenvalue weighted by Crippen LogP contribution is 2.26. The van der Waals surface area contributed by atoms with E-state index in [2.05, 4.69) is 20.2 Å². The molecule has 22 heavy (non-hydrogen) atoms. The number of carbonyl (C=O) groups excluding carboxylic acids is 2. The largest absolute Gasteiger partial charge is 0.355 e. The van der Waals surface area contributed by atoms with Gasteiger partial charge in [0.15, 0.2) is 11.6 Å². The first-order chi connectivity index (χ1) is 10.3. The summed E-state index contributed by atoms with van der Waals surface area (Å²) in [4.78, 5) is 31.6. The van der Waals surface area contributed by atoms with Gasteiger partial charge in [-0.15, -0.1) is 5.10 Å². The number of carbonyl (C=O) groups is 2. The predicted molar refractivity (Wildman–Crippen MR) is 85.7 cm³/mol. The van der Waals surface area contributed by atoms with Crippen LogP contribution in [0.3, 0.4) is 0 Å². The number of hydrogen-bond donors (Lipinski definition) is 2. The highest BCUT2D eigenvalue weighted by atomic mass is 32.2. The maximum absolute atomic E-state index is 12.6. The fourth-order valence-corrected chi connectivity index (χ4v) is 3.23. The highest BCUT2D eigenvalue weighted by molar-refractivity contribution is 8.00. The molecule has 2 N–H and O–H groups in total. The third-order valence-electron chi connectivity index (χ3n) is 3.53. The monoisotopic (exact) mass is 320 g/mol. The summed E-state index contributed by atoms with van der Waals surface area (Å²) < 4.78 is 0. The Balaban J connectivity index is 2.20. The van der Waals surface area contributed by atoms with Gasteiger partial charge in [0.2, 0.25) is 5.16 Å². The van der Waals surface area contributed by atoms with Gasteiger partial charge in [0.05, 0.1) is 10.9 Å². The molecule has 0 amide bonds. The first-order valence-corrected chi connectivity index (χ1v) is 8.05. The Hall–Kier alpha value is -1.89. The third kappa shape index (κ3) is 3.14. The van der Waals surface area contributed by atoms with Gasteiger partial charge in [0.1, 0.15) is 5.82 Å². The molecule has 1 atom stereocenters. The van der Waals surface area contributed by atoms with Crippen molar-refractivity contribution in [3.05, 3.63) is 28.3 Å². The maximum Gasteiger partial charge on any atom is 0.209 e. The molecule has 2 aromatic rings. The molecule has 0 saturated carbocycles. The lowest BCUT2D eigenvalue weighted by molar-refractivity contribution is 0.0988. The quantitative estimate of drug-likeness (QED) is 0.631. The van der Waals surface area contributed by atoms with Gasteiger partial charge in [-0.1, -0.05) is 18.7 Å². The standard InChI is InChI=1S/C15H20N4O2S/c1-6-11-17-15(19-18-11)22-10(5)14(21)13-7(2)12(9(4)20)8(3)16-13/h10,16H,6H2,1-5H3,(H,17,18,19). The van der Waals surface area contributed by atoms with Gasteiger partial charge in [0.25, 0.3) is 0 Å². The summed E-state index contributed by atoms with van der Waals surface area (Å²) in [6.07, 6.45) is 0.771. The van der Waals surface area contributed by atoms with E-state index in [1.165, 1.54) is 18.7 Å². The van der Waals surface area contributed by atoms with Gasteiger partial charge in [-0.05, 0) is 33.3 Å². The van der Waals surface area contributed by atoms with Crippen LogP contribution in [-0.4, -0.2) is 37.0 Å². The molecule has 118 valence electrons. The van der Waals surface area contributed by atoms with Crippen molar-refractivity contribution in [2.24, 2.45) is 0 Å². The second-order valence-corrected chi connectivity index (χ2v) is 6.53. The minimum Gasteiger partial charge on any atom is -0.355 e. The number of Topliss-reactive ketones (excluding diaryl/α,β-unsaturated/α-hetero) is 2. The highest BCUT2D eigenvalue weighted by Gasteiger charge is 2.25. The summed E-state index contributed by atoms with van der Waals surface area (Å²) in [5.41, 5.74) is 2.55. The smallest absolute Gasteiger partial charge is 0.209 e. The van der Waals surface area contributed by atoms with Crippen molar-refractivity contribution in [3.63, 3.8) is 0 Å². The molecule has 0 bridgehead atoms. The first-order valence-electron chi connectivity index (χ1n) is 7.17. The topological polar surface area (TPSA) is 91.5 Å². The lowest BCUT2D eigenvalue weighted by Gasteiger charge is -2.07. The van der Waals surface area contributed by atoms with E-state index in [-0.39, 0.29) is 16.8 Å². The third-order valence-corrected chi connectivity index (χ3v) is 4.49. The lowest BCUT2D eigenvalue weighted by atomic mass is 10.0. The Kier molecular flexibility index (Phi) is 4.85. The van der Waals surface area contributed by atoms with Crippen molar-refractivity contribution in [2.75, 3.05) is 0 Å². The number of rotatable bonds is 6. The van der Waals surface area contributed by atoms with E-state index < -0.39 is 0 Å². The van der Waals surface area contributed by atoms with Gasteiger partial charge in [-0.25, -0.2) is 4.98 Å². The van der Waals surface area contributed by atoms with E-state index in [0.29, 0.717) is 22.0 Å². The number of hydrogen-bond acceptors (Lipinski definition) is 5. The average Bonchev–Trinajstić information content (AvgIpc) is 3.02. The molecule has 0 fully saturated rings. The van der Waals surface area contributed by atoms with Crippen LogP contribution in [0.4, 0.5) is 0 Å². The Morgan fingerprint density at radius 3 is 2.50 bits per heavy atom. The van der Waals surface area contributed by atoms with Crippen LogP contribution in [0.15, 0.2) is 5.16 Å². The van der Waals surface area contributed by atoms with E-state index in [4.69, 9.17) is 0 Å². The fourth-order valence-electron chi connectivity index (χ4n) is 2.43. The van der Waals surface area contributed by atoms with Crippen molar-refractivity contribution in [2.45, 2.75) is 51.4 Å². The Morgan fingerprint density at radius 1 is 1.32 bits per heavy atom. The second-order valence-electron chi connectivity index (χ2n) is 5.22. The molecular weight excluding hydrogens is 300 g/mol. The molecule has 0 aliphatic rings. The van der Waals surface area contributed by atoms with Gasteiger partial charge in [0, 0.05) is 17.7 Å². The molecule has 0 aliphatic carbocycles. The number of ketones is 2. The van der Waals surface area contributed by atoms with Crippen molar-refractivity contribution < 1.29 is 9.59 Å². The van der Waals surface area contributed by atoms with Crippen molar-refractivity contribution >= 4 is 23.3 Å². The van der Waals surface area contributed by atoms with Gasteiger partial charge < -0.3 is 4.98 Å². The van der Waals surface area contributed by atoms with Crippen molar-refractivity contribution in [1.82, 2.24) is 20.2 Å². The maximum atomic E-state index is 12.6. The van der Waals surface area contributed by atoms with Crippen LogP contribution in [0.5, 0.6) is 0 Å². The van der Waals surface area contributed by atoms with Crippen LogP contribution in [0.25, 0.3) is 0 Å². The number of nitrogens with zero attached hydrogens (tertiary/aromatic N) is 2. The molecule has 0 aromatic carbocycles. The zero-order chi connectivity index (χ0) is 16.4. The number of thioether (sulfide) groups is 1. The predicted octanol–water partition coefficient (Wildman–Crippen LogP) is 2.88. The van der Waals surface area contributed by atoms with Crippen LogP contribution in [0, 0.1) is 13.8 Å². The molecule has 0 spiro atoms. The molecule has 7 heteroatoms. The molecular formula is C15H20N4O2S. The Morgan fingerprint density at radius 2 is 2.00 bits per heavy atom. The van der Waals surface area contributed by atoms with Gasteiger partial charge in [-0.2, -0.15) is 0 Å². The second kappa shape index (κ2) is 6.48. The normalized spacial score (nSPS) is 12.4. The number of H-pyrrole nitrogens is 2. The summed E-state index contributed by atoms with van der Waals surface area (Å²) >= 11 is 1.31. The Labute approximate surface area is 133 Å². The summed E-state index contributed by atoms with van der Waals surface area (Å²) in [6.45, 7) is 8.92. The minimum atomic E-state index is -0.336. The summed E-state index contributed by atoms with van der Waals surface area (Å²) in [7, 11) is 0. The van der Waals surface area contributed by atoms with Crippen molar-refractivity contribution in [1.29, 1.82) is 0 Å². The molecule has 2 rings (SSSR count). The van der Waals surface area contributed by atoms with Crippen LogP contribution in [-0.2, 0) is 6.42 Å². The number of aromatic amines is 2. The lowest BCUT2D eigenvalue weighted by Crippen LogP contribution is -2.15. The zero-order valence-electron chi connectivity index (χ0n) is 13.4. The van der Waals surface area contributed by atoms with Crippen LogP contribution < -0.4 is 0 Å². The minimum absolute atomic E-state index is 0.0350. The molecule has 2 aromatic heterocycles. The number of aryl methyl sites for hydroxylation is 2. The summed E-state index contributed by atoms with van der Waals surface area (Å²) in [5, 5.41) is 7.14.